The summed E-state index contributed by atoms with van der Waals surface area (Å²) >= 11 is 0. The summed E-state index contributed by atoms with van der Waals surface area (Å²) in [6.07, 6.45) is 0.985. The number of aryl methyl sites for hydroxylation is 2. The van der Waals surface area contributed by atoms with E-state index in [0.717, 1.165) is 17.3 Å². The first kappa shape index (κ1) is 10.7. The zero-order valence-electron chi connectivity index (χ0n) is 9.78. The number of esters is 1. The van der Waals surface area contributed by atoms with Crippen molar-refractivity contribution in [1.29, 1.82) is 0 Å². The first-order valence-electron chi connectivity index (χ1n) is 5.34. The number of benzene rings is 1. The molecule has 1 heterocycles. The quantitative estimate of drug-likeness (QED) is 0.724. The smallest absolute Gasteiger partial charge is 0.337 e. The van der Waals surface area contributed by atoms with Crippen molar-refractivity contribution in [1.82, 2.24) is 4.57 Å². The van der Waals surface area contributed by atoms with Crippen LogP contribution in [0.15, 0.2) is 24.3 Å². The van der Waals surface area contributed by atoms with Crippen LogP contribution < -0.4 is 0 Å². The third-order valence-electron chi connectivity index (χ3n) is 2.93. The van der Waals surface area contributed by atoms with Crippen molar-refractivity contribution < 1.29 is 9.53 Å². The SMILES string of the molecule is CCc1cc2cc(C(=O)OC)ccc2n1C. The molecule has 0 bridgehead atoms. The molecule has 0 aliphatic rings. The fraction of sp³-hybridized carbons (Fsp3) is 0.308. The van der Waals surface area contributed by atoms with E-state index in [9.17, 15) is 4.79 Å². The van der Waals surface area contributed by atoms with Crippen molar-refractivity contribution in [3.8, 4) is 0 Å². The third-order valence-corrected chi connectivity index (χ3v) is 2.93. The molecule has 84 valence electrons. The molecule has 0 aliphatic heterocycles. The first-order valence-corrected chi connectivity index (χ1v) is 5.34. The summed E-state index contributed by atoms with van der Waals surface area (Å²) in [7, 11) is 3.44. The molecule has 0 aliphatic carbocycles. The van der Waals surface area contributed by atoms with Gasteiger partial charge < -0.3 is 9.30 Å². The summed E-state index contributed by atoms with van der Waals surface area (Å²) in [5.74, 6) is -0.288. The second kappa shape index (κ2) is 4.00. The van der Waals surface area contributed by atoms with Crippen molar-refractivity contribution >= 4 is 16.9 Å². The number of carbonyl (C=O) groups is 1. The number of fused-ring (bicyclic) bond motifs is 1. The summed E-state index contributed by atoms with van der Waals surface area (Å²) in [4.78, 5) is 11.4. The van der Waals surface area contributed by atoms with Gasteiger partial charge in [0.05, 0.1) is 12.7 Å². The lowest BCUT2D eigenvalue weighted by molar-refractivity contribution is 0.0601. The molecular formula is C13H15NO2. The highest BCUT2D eigenvalue weighted by Crippen LogP contribution is 2.20. The van der Waals surface area contributed by atoms with E-state index in [2.05, 4.69) is 17.6 Å². The summed E-state index contributed by atoms with van der Waals surface area (Å²) in [6, 6.07) is 7.75. The van der Waals surface area contributed by atoms with Crippen LogP contribution in [0.2, 0.25) is 0 Å². The Morgan fingerprint density at radius 1 is 1.38 bits per heavy atom. The molecule has 0 amide bonds. The molecule has 0 fully saturated rings. The van der Waals surface area contributed by atoms with E-state index >= 15 is 0 Å². The minimum Gasteiger partial charge on any atom is -0.465 e. The maximum atomic E-state index is 11.4. The van der Waals surface area contributed by atoms with E-state index in [-0.39, 0.29) is 5.97 Å². The Morgan fingerprint density at radius 3 is 2.75 bits per heavy atom. The number of hydrogen-bond acceptors (Lipinski definition) is 2. The second-order valence-corrected chi connectivity index (χ2v) is 3.81. The standard InChI is InChI=1S/C13H15NO2/c1-4-11-8-10-7-9(13(15)16-3)5-6-12(10)14(11)2/h5-8H,4H2,1-3H3. The minimum absolute atomic E-state index is 0.288. The highest BCUT2D eigenvalue weighted by molar-refractivity contribution is 5.95. The summed E-state index contributed by atoms with van der Waals surface area (Å²) in [6.45, 7) is 2.12. The fourth-order valence-electron chi connectivity index (χ4n) is 1.99. The number of hydrogen-bond donors (Lipinski definition) is 0. The Balaban J connectivity index is 2.59. The fourth-order valence-corrected chi connectivity index (χ4v) is 1.99. The molecule has 2 aromatic rings. The monoisotopic (exact) mass is 217 g/mol. The van der Waals surface area contributed by atoms with E-state index in [4.69, 9.17) is 4.74 Å². The number of aromatic nitrogens is 1. The number of methoxy groups -OCH3 is 1. The van der Waals surface area contributed by atoms with Crippen molar-refractivity contribution in [2.75, 3.05) is 7.11 Å². The lowest BCUT2D eigenvalue weighted by Gasteiger charge is -2.01. The van der Waals surface area contributed by atoms with Gasteiger partial charge in [0.2, 0.25) is 0 Å². The molecule has 1 aromatic heterocycles. The highest BCUT2D eigenvalue weighted by atomic mass is 16.5. The molecule has 3 heteroatoms. The van der Waals surface area contributed by atoms with Gasteiger partial charge in [-0.15, -0.1) is 0 Å². The average molecular weight is 217 g/mol. The summed E-state index contributed by atoms with van der Waals surface area (Å²) in [5, 5.41) is 1.09. The maximum Gasteiger partial charge on any atom is 0.337 e. The third kappa shape index (κ3) is 1.58. The average Bonchev–Trinajstić information content (AvgIpc) is 2.64. The lowest BCUT2D eigenvalue weighted by Crippen LogP contribution is -2.00. The molecule has 16 heavy (non-hydrogen) atoms. The van der Waals surface area contributed by atoms with Crippen molar-refractivity contribution in [3.05, 3.63) is 35.5 Å². The Labute approximate surface area is 94.6 Å². The molecule has 0 atom stereocenters. The van der Waals surface area contributed by atoms with E-state index < -0.39 is 0 Å². The first-order chi connectivity index (χ1) is 7.67. The van der Waals surface area contributed by atoms with E-state index in [1.165, 1.54) is 12.8 Å². The Bertz CT molecular complexity index is 540. The van der Waals surface area contributed by atoms with Crippen LogP contribution in [-0.4, -0.2) is 17.6 Å². The number of nitrogens with zero attached hydrogens (tertiary/aromatic N) is 1. The molecule has 0 unspecified atom stereocenters. The molecular weight excluding hydrogens is 202 g/mol. The molecule has 1 aromatic carbocycles. The maximum absolute atomic E-state index is 11.4. The van der Waals surface area contributed by atoms with Crippen LogP contribution in [0.1, 0.15) is 23.0 Å². The van der Waals surface area contributed by atoms with Gasteiger partial charge in [0.1, 0.15) is 0 Å². The van der Waals surface area contributed by atoms with Crippen LogP contribution in [0.3, 0.4) is 0 Å². The topological polar surface area (TPSA) is 31.2 Å². The predicted octanol–water partition coefficient (Wildman–Crippen LogP) is 2.53. The normalized spacial score (nSPS) is 10.7. The number of ether oxygens (including phenoxy) is 1. The predicted molar refractivity (Wildman–Crippen MR) is 63.6 cm³/mol. The van der Waals surface area contributed by atoms with Crippen LogP contribution in [0, 0.1) is 0 Å². The van der Waals surface area contributed by atoms with Gasteiger partial charge in [-0.3, -0.25) is 0 Å². The molecule has 0 spiro atoms. The van der Waals surface area contributed by atoms with Crippen molar-refractivity contribution in [2.45, 2.75) is 13.3 Å². The van der Waals surface area contributed by atoms with Gasteiger partial charge in [-0.25, -0.2) is 4.79 Å². The molecule has 0 radical (unpaired) electrons. The molecule has 3 nitrogen and oxygen atoms in total. The van der Waals surface area contributed by atoms with Crippen molar-refractivity contribution in [3.63, 3.8) is 0 Å². The van der Waals surface area contributed by atoms with Crippen LogP contribution in [0.25, 0.3) is 10.9 Å². The van der Waals surface area contributed by atoms with Gasteiger partial charge in [0.15, 0.2) is 0 Å². The summed E-state index contributed by atoms with van der Waals surface area (Å²) < 4.78 is 6.85. The lowest BCUT2D eigenvalue weighted by atomic mass is 10.1. The zero-order valence-corrected chi connectivity index (χ0v) is 9.78. The highest BCUT2D eigenvalue weighted by Gasteiger charge is 2.09. The number of rotatable bonds is 2. The Hall–Kier alpha value is -1.77. The molecule has 0 N–H and O–H groups in total. The number of carbonyl (C=O) groups excluding carboxylic acids is 1. The van der Waals surface area contributed by atoms with Gasteiger partial charge in [-0.05, 0) is 30.7 Å². The van der Waals surface area contributed by atoms with E-state index in [0.29, 0.717) is 5.56 Å². The largest absolute Gasteiger partial charge is 0.465 e. The zero-order chi connectivity index (χ0) is 11.7. The summed E-state index contributed by atoms with van der Waals surface area (Å²) in [5.41, 5.74) is 3.00. The molecule has 0 saturated heterocycles. The van der Waals surface area contributed by atoms with Crippen LogP contribution in [-0.2, 0) is 18.2 Å². The Kier molecular flexibility index (Phi) is 2.69. The van der Waals surface area contributed by atoms with Crippen molar-refractivity contribution in [2.24, 2.45) is 7.05 Å². The van der Waals surface area contributed by atoms with Gasteiger partial charge in [0, 0.05) is 23.6 Å². The van der Waals surface area contributed by atoms with E-state index in [1.54, 1.807) is 6.07 Å². The Morgan fingerprint density at radius 2 is 2.12 bits per heavy atom. The van der Waals surface area contributed by atoms with Crippen LogP contribution in [0.4, 0.5) is 0 Å². The van der Waals surface area contributed by atoms with Gasteiger partial charge in [-0.2, -0.15) is 0 Å². The van der Waals surface area contributed by atoms with Gasteiger partial charge in [-0.1, -0.05) is 6.92 Å². The minimum atomic E-state index is -0.288. The van der Waals surface area contributed by atoms with Gasteiger partial charge >= 0.3 is 5.97 Å². The van der Waals surface area contributed by atoms with E-state index in [1.807, 2.05) is 19.2 Å². The van der Waals surface area contributed by atoms with Crippen LogP contribution in [0.5, 0.6) is 0 Å². The molecule has 0 saturated carbocycles. The van der Waals surface area contributed by atoms with Crippen LogP contribution >= 0.6 is 0 Å². The molecule has 2 rings (SSSR count). The second-order valence-electron chi connectivity index (χ2n) is 3.81. The van der Waals surface area contributed by atoms with Gasteiger partial charge in [0.25, 0.3) is 0 Å².